The summed E-state index contributed by atoms with van der Waals surface area (Å²) in [5, 5.41) is 29.0. The van der Waals surface area contributed by atoms with E-state index >= 15 is 0 Å². The summed E-state index contributed by atoms with van der Waals surface area (Å²) >= 11 is 0. The van der Waals surface area contributed by atoms with Gasteiger partial charge in [-0.2, -0.15) is 0 Å². The third-order valence-corrected chi connectivity index (χ3v) is 4.77. The number of phenolic OH excluding ortho intramolecular Hbond substituents is 2. The molecule has 140 valence electrons. The summed E-state index contributed by atoms with van der Waals surface area (Å²) in [6.07, 6.45) is -2.74. The summed E-state index contributed by atoms with van der Waals surface area (Å²) in [6, 6.07) is 12.6. The van der Waals surface area contributed by atoms with Gasteiger partial charge in [0.1, 0.15) is 11.5 Å². The second-order valence-corrected chi connectivity index (χ2v) is 6.54. The molecule has 27 heavy (non-hydrogen) atoms. The van der Waals surface area contributed by atoms with Crippen molar-refractivity contribution >= 4 is 11.9 Å². The lowest BCUT2D eigenvalue weighted by atomic mass is 10.0. The Bertz CT molecular complexity index is 897. The number of aromatic hydroxyl groups is 2. The van der Waals surface area contributed by atoms with Gasteiger partial charge < -0.3 is 29.7 Å². The van der Waals surface area contributed by atoms with Crippen molar-refractivity contribution in [3.8, 4) is 11.5 Å². The van der Waals surface area contributed by atoms with Crippen molar-refractivity contribution in [1.82, 2.24) is 4.90 Å². The van der Waals surface area contributed by atoms with E-state index in [9.17, 15) is 24.9 Å². The van der Waals surface area contributed by atoms with Crippen LogP contribution in [0.2, 0.25) is 0 Å². The van der Waals surface area contributed by atoms with Crippen LogP contribution < -0.4 is 0 Å². The van der Waals surface area contributed by atoms with Gasteiger partial charge >= 0.3 is 5.97 Å². The molecule has 3 unspecified atom stereocenters. The number of nitrogens with zero attached hydrogens (tertiary/aromatic N) is 1. The number of rotatable bonds is 4. The molecule has 2 aromatic rings. The maximum absolute atomic E-state index is 12.8. The predicted molar refractivity (Wildman–Crippen MR) is 90.7 cm³/mol. The Morgan fingerprint density at radius 1 is 1.11 bits per heavy atom. The van der Waals surface area contributed by atoms with Crippen LogP contribution in [-0.2, 0) is 31.4 Å². The first-order valence-electron chi connectivity index (χ1n) is 8.33. The molecule has 0 aliphatic carbocycles. The fourth-order valence-electron chi connectivity index (χ4n) is 3.43. The summed E-state index contributed by atoms with van der Waals surface area (Å²) in [4.78, 5) is 25.8. The Kier molecular flexibility index (Phi) is 4.01. The van der Waals surface area contributed by atoms with Crippen LogP contribution in [0.25, 0.3) is 0 Å². The highest BCUT2D eigenvalue weighted by molar-refractivity contribution is 5.89. The quantitative estimate of drug-likeness (QED) is 0.738. The number of hydrogen-bond acceptors (Lipinski definition) is 6. The van der Waals surface area contributed by atoms with Gasteiger partial charge in [0.15, 0.2) is 12.2 Å². The maximum atomic E-state index is 12.8. The molecular formula is C19H17NO7. The molecule has 3 N–H and O–H groups in total. The zero-order valence-corrected chi connectivity index (χ0v) is 14.1. The molecular weight excluding hydrogens is 354 g/mol. The van der Waals surface area contributed by atoms with Gasteiger partial charge in [-0.15, -0.1) is 0 Å². The van der Waals surface area contributed by atoms with Gasteiger partial charge in [0.2, 0.25) is 5.79 Å². The standard InChI is InChI=1S/C19H17NO7/c21-13-7-5-12(6-8-13)19-10-20(9-11-3-1-2-4-14(11)22)17(23)15(26-19)16(27-19)18(24)25/h1-8,15-16,21-22H,9-10H2,(H,24,25). The minimum absolute atomic E-state index is 0.0393. The number of carbonyl (C=O) groups is 2. The van der Waals surface area contributed by atoms with E-state index in [4.69, 9.17) is 9.47 Å². The summed E-state index contributed by atoms with van der Waals surface area (Å²) in [6.45, 7) is 0.0339. The minimum Gasteiger partial charge on any atom is -0.508 e. The molecule has 8 nitrogen and oxygen atoms in total. The zero-order valence-electron chi connectivity index (χ0n) is 14.1. The first kappa shape index (κ1) is 17.3. The van der Waals surface area contributed by atoms with E-state index in [1.165, 1.54) is 23.1 Å². The van der Waals surface area contributed by atoms with E-state index in [2.05, 4.69) is 0 Å². The fraction of sp³-hybridized carbons (Fsp3) is 0.263. The van der Waals surface area contributed by atoms with Gasteiger partial charge in [-0.3, -0.25) is 4.79 Å². The number of carboxylic acids is 1. The smallest absolute Gasteiger partial charge is 0.336 e. The first-order valence-corrected chi connectivity index (χ1v) is 8.33. The van der Waals surface area contributed by atoms with Crippen LogP contribution in [0.15, 0.2) is 48.5 Å². The average molecular weight is 371 g/mol. The normalized spacial score (nSPS) is 27.0. The van der Waals surface area contributed by atoms with Crippen molar-refractivity contribution in [2.75, 3.05) is 6.54 Å². The van der Waals surface area contributed by atoms with Crippen LogP contribution in [0.5, 0.6) is 11.5 Å². The van der Waals surface area contributed by atoms with Crippen molar-refractivity contribution in [3.05, 3.63) is 59.7 Å². The highest BCUT2D eigenvalue weighted by Gasteiger charge is 2.60. The third kappa shape index (κ3) is 2.88. The number of phenols is 2. The second-order valence-electron chi connectivity index (χ2n) is 6.54. The Morgan fingerprint density at radius 3 is 2.48 bits per heavy atom. The van der Waals surface area contributed by atoms with Gasteiger partial charge in [-0.25, -0.2) is 4.79 Å². The highest BCUT2D eigenvalue weighted by atomic mass is 16.8. The van der Waals surface area contributed by atoms with Crippen LogP contribution in [0, 0.1) is 0 Å². The molecule has 0 aromatic heterocycles. The number of amides is 1. The van der Waals surface area contributed by atoms with Crippen molar-refractivity contribution in [1.29, 1.82) is 0 Å². The van der Waals surface area contributed by atoms with Crippen molar-refractivity contribution in [2.45, 2.75) is 24.5 Å². The Labute approximate surface area is 154 Å². The van der Waals surface area contributed by atoms with Crippen LogP contribution >= 0.6 is 0 Å². The van der Waals surface area contributed by atoms with E-state index in [1.807, 2.05) is 0 Å². The number of benzene rings is 2. The lowest BCUT2D eigenvalue weighted by molar-refractivity contribution is -0.219. The molecule has 2 aliphatic rings. The number of para-hydroxylation sites is 1. The lowest BCUT2D eigenvalue weighted by Gasteiger charge is -2.38. The van der Waals surface area contributed by atoms with E-state index in [-0.39, 0.29) is 24.6 Å². The number of aliphatic carboxylic acids is 1. The number of hydrogen-bond donors (Lipinski definition) is 3. The van der Waals surface area contributed by atoms with Crippen molar-refractivity contribution in [3.63, 3.8) is 0 Å². The van der Waals surface area contributed by atoms with Gasteiger partial charge in [0.05, 0.1) is 6.54 Å². The van der Waals surface area contributed by atoms with E-state index in [0.717, 1.165) is 0 Å². The predicted octanol–water partition coefficient (Wildman–Crippen LogP) is 1.16. The molecule has 1 amide bonds. The summed E-state index contributed by atoms with van der Waals surface area (Å²) < 4.78 is 11.5. The molecule has 0 radical (unpaired) electrons. The summed E-state index contributed by atoms with van der Waals surface area (Å²) in [7, 11) is 0. The maximum Gasteiger partial charge on any atom is 0.336 e. The van der Waals surface area contributed by atoms with Gasteiger partial charge in [0.25, 0.3) is 5.91 Å². The van der Waals surface area contributed by atoms with Crippen LogP contribution in [0.4, 0.5) is 0 Å². The molecule has 4 rings (SSSR count). The molecule has 0 saturated carbocycles. The monoisotopic (exact) mass is 371 g/mol. The average Bonchev–Trinajstić information content (AvgIpc) is 2.99. The summed E-state index contributed by atoms with van der Waals surface area (Å²) in [5.41, 5.74) is 1.02. The molecule has 2 heterocycles. The fourth-order valence-corrected chi connectivity index (χ4v) is 3.43. The van der Waals surface area contributed by atoms with Gasteiger partial charge in [-0.05, 0) is 30.3 Å². The van der Waals surface area contributed by atoms with Crippen molar-refractivity contribution in [2.24, 2.45) is 0 Å². The number of carboxylic acid groups (broad SMARTS) is 1. The molecule has 2 bridgehead atoms. The van der Waals surface area contributed by atoms with Crippen LogP contribution in [-0.4, -0.2) is 50.8 Å². The SMILES string of the molecule is O=C(O)C1OC2(c3ccc(O)cc3)CN(Cc3ccccc3O)C(=O)C1O2. The molecule has 2 fully saturated rings. The summed E-state index contributed by atoms with van der Waals surface area (Å²) in [5.74, 6) is -3.19. The number of carbonyl (C=O) groups excluding carboxylic acids is 1. The Balaban J connectivity index is 1.71. The van der Waals surface area contributed by atoms with E-state index < -0.39 is 29.9 Å². The zero-order chi connectivity index (χ0) is 19.2. The third-order valence-electron chi connectivity index (χ3n) is 4.77. The molecule has 3 atom stereocenters. The number of morpholine rings is 1. The molecule has 0 spiro atoms. The second kappa shape index (κ2) is 6.26. The van der Waals surface area contributed by atoms with Crippen molar-refractivity contribution < 1.29 is 34.4 Å². The topological polar surface area (TPSA) is 117 Å². The van der Waals surface area contributed by atoms with E-state index in [1.54, 1.807) is 30.3 Å². The van der Waals surface area contributed by atoms with Crippen LogP contribution in [0.3, 0.4) is 0 Å². The molecule has 2 aliphatic heterocycles. The van der Waals surface area contributed by atoms with E-state index in [0.29, 0.717) is 11.1 Å². The van der Waals surface area contributed by atoms with Gasteiger partial charge in [0, 0.05) is 17.7 Å². The molecule has 8 heteroatoms. The Hall–Kier alpha value is -3.10. The molecule has 2 aromatic carbocycles. The largest absolute Gasteiger partial charge is 0.508 e. The highest BCUT2D eigenvalue weighted by Crippen LogP contribution is 2.43. The Morgan fingerprint density at radius 2 is 1.81 bits per heavy atom. The lowest BCUT2D eigenvalue weighted by Crippen LogP contribution is -2.53. The number of fused-ring (bicyclic) bond motifs is 2. The number of ether oxygens (including phenoxy) is 2. The molecule has 2 saturated heterocycles. The minimum atomic E-state index is -1.46. The first-order chi connectivity index (χ1) is 12.9. The van der Waals surface area contributed by atoms with Gasteiger partial charge in [-0.1, -0.05) is 18.2 Å². The van der Waals surface area contributed by atoms with Crippen LogP contribution in [0.1, 0.15) is 11.1 Å².